The lowest BCUT2D eigenvalue weighted by Gasteiger charge is -2.32. The van der Waals surface area contributed by atoms with Crippen LogP contribution in [0.3, 0.4) is 0 Å². The molecule has 0 aromatic heterocycles. The summed E-state index contributed by atoms with van der Waals surface area (Å²) in [6.07, 6.45) is 3.25. The first kappa shape index (κ1) is 16.0. The van der Waals surface area contributed by atoms with Crippen molar-refractivity contribution in [3.8, 4) is 0 Å². The predicted octanol–water partition coefficient (Wildman–Crippen LogP) is 3.10. The van der Waals surface area contributed by atoms with Crippen LogP contribution in [0.5, 0.6) is 0 Å². The molecular formula is C16H20BrNO3. The molecule has 21 heavy (non-hydrogen) atoms. The van der Waals surface area contributed by atoms with Crippen LogP contribution in [0.15, 0.2) is 28.7 Å². The Labute approximate surface area is 133 Å². The molecule has 0 bridgehead atoms. The maximum Gasteiger partial charge on any atom is 0.303 e. The van der Waals surface area contributed by atoms with Crippen molar-refractivity contribution >= 4 is 27.8 Å². The van der Waals surface area contributed by atoms with E-state index >= 15 is 0 Å². The van der Waals surface area contributed by atoms with Crippen LogP contribution in [0.4, 0.5) is 0 Å². The molecule has 1 aliphatic rings. The Morgan fingerprint density at radius 3 is 2.90 bits per heavy atom. The molecule has 0 spiro atoms. The van der Waals surface area contributed by atoms with Gasteiger partial charge in [-0.2, -0.15) is 0 Å². The standard InChI is InChI=1S/C16H20BrNO3/c17-14-5-1-3-13(9-14)10-15(19)18-8-2-4-12(11-18)6-7-16(20)21/h1,3,5,9,12H,2,4,6-8,10-11H2,(H,20,21)/t12-/m0/s1. The second kappa shape index (κ2) is 7.59. The van der Waals surface area contributed by atoms with Gasteiger partial charge in [0.05, 0.1) is 6.42 Å². The Bertz CT molecular complexity index is 518. The van der Waals surface area contributed by atoms with Crippen molar-refractivity contribution in [3.63, 3.8) is 0 Å². The summed E-state index contributed by atoms with van der Waals surface area (Å²) in [4.78, 5) is 24.9. The van der Waals surface area contributed by atoms with E-state index in [1.165, 1.54) is 0 Å². The minimum atomic E-state index is -0.757. The summed E-state index contributed by atoms with van der Waals surface area (Å²) >= 11 is 3.41. The Morgan fingerprint density at radius 1 is 1.38 bits per heavy atom. The second-order valence-electron chi connectivity index (χ2n) is 5.59. The van der Waals surface area contributed by atoms with Crippen molar-refractivity contribution < 1.29 is 14.7 Å². The van der Waals surface area contributed by atoms with Gasteiger partial charge in [-0.05, 0) is 42.9 Å². The normalized spacial score (nSPS) is 18.5. The number of piperidine rings is 1. The van der Waals surface area contributed by atoms with Crippen molar-refractivity contribution in [3.05, 3.63) is 34.3 Å². The zero-order chi connectivity index (χ0) is 15.2. The SMILES string of the molecule is O=C(O)CC[C@@H]1CCCN(C(=O)Cc2cccc(Br)c2)C1. The Hall–Kier alpha value is -1.36. The van der Waals surface area contributed by atoms with Gasteiger partial charge in [-0.25, -0.2) is 0 Å². The number of likely N-dealkylation sites (tertiary alicyclic amines) is 1. The molecular weight excluding hydrogens is 334 g/mol. The van der Waals surface area contributed by atoms with Gasteiger partial charge >= 0.3 is 5.97 Å². The summed E-state index contributed by atoms with van der Waals surface area (Å²) in [5, 5.41) is 8.76. The molecule has 1 N–H and O–H groups in total. The zero-order valence-electron chi connectivity index (χ0n) is 11.9. The van der Waals surface area contributed by atoms with Gasteiger partial charge in [0.25, 0.3) is 0 Å². The topological polar surface area (TPSA) is 57.6 Å². The average molecular weight is 354 g/mol. The molecule has 0 aliphatic carbocycles. The van der Waals surface area contributed by atoms with E-state index in [-0.39, 0.29) is 12.3 Å². The van der Waals surface area contributed by atoms with Gasteiger partial charge in [-0.15, -0.1) is 0 Å². The van der Waals surface area contributed by atoms with E-state index in [1.54, 1.807) is 0 Å². The minimum Gasteiger partial charge on any atom is -0.481 e. The molecule has 0 radical (unpaired) electrons. The number of carbonyl (C=O) groups is 2. The van der Waals surface area contributed by atoms with E-state index in [0.29, 0.717) is 25.3 Å². The summed E-state index contributed by atoms with van der Waals surface area (Å²) < 4.78 is 0.978. The van der Waals surface area contributed by atoms with Crippen LogP contribution in [0.25, 0.3) is 0 Å². The van der Waals surface area contributed by atoms with Gasteiger partial charge in [-0.3, -0.25) is 9.59 Å². The highest BCUT2D eigenvalue weighted by Gasteiger charge is 2.24. The summed E-state index contributed by atoms with van der Waals surface area (Å²) in [5.74, 6) is -0.304. The molecule has 0 unspecified atom stereocenters. The molecule has 1 heterocycles. The van der Waals surface area contributed by atoms with Crippen LogP contribution in [0.1, 0.15) is 31.2 Å². The zero-order valence-corrected chi connectivity index (χ0v) is 13.5. The number of halogens is 1. The van der Waals surface area contributed by atoms with Gasteiger partial charge < -0.3 is 10.0 Å². The molecule has 2 rings (SSSR count). The maximum atomic E-state index is 12.4. The molecule has 1 amide bonds. The number of carboxylic acids is 1. The van der Waals surface area contributed by atoms with E-state index in [4.69, 9.17) is 5.11 Å². The van der Waals surface area contributed by atoms with Crippen molar-refractivity contribution in [2.24, 2.45) is 5.92 Å². The molecule has 114 valence electrons. The van der Waals surface area contributed by atoms with Crippen LogP contribution in [-0.2, 0) is 16.0 Å². The third kappa shape index (κ3) is 5.16. The van der Waals surface area contributed by atoms with Crippen LogP contribution >= 0.6 is 15.9 Å². The van der Waals surface area contributed by atoms with Crippen molar-refractivity contribution in [2.45, 2.75) is 32.1 Å². The lowest BCUT2D eigenvalue weighted by molar-refractivity contribution is -0.137. The molecule has 1 aliphatic heterocycles. The number of aliphatic carboxylic acids is 1. The first-order chi connectivity index (χ1) is 10.0. The third-order valence-corrected chi connectivity index (χ3v) is 4.38. The summed E-state index contributed by atoms with van der Waals surface area (Å²) in [5.41, 5.74) is 1.00. The fourth-order valence-corrected chi connectivity index (χ4v) is 3.23. The first-order valence-corrected chi connectivity index (χ1v) is 8.08. The maximum absolute atomic E-state index is 12.4. The molecule has 1 aromatic rings. The summed E-state index contributed by atoms with van der Waals surface area (Å²) in [7, 11) is 0. The number of benzene rings is 1. The monoisotopic (exact) mass is 353 g/mol. The fourth-order valence-electron chi connectivity index (χ4n) is 2.79. The van der Waals surface area contributed by atoms with Crippen LogP contribution in [-0.4, -0.2) is 35.0 Å². The first-order valence-electron chi connectivity index (χ1n) is 7.28. The third-order valence-electron chi connectivity index (χ3n) is 3.88. The fraction of sp³-hybridized carbons (Fsp3) is 0.500. The number of amides is 1. The summed E-state index contributed by atoms with van der Waals surface area (Å²) in [6.45, 7) is 1.48. The molecule has 1 atom stereocenters. The highest BCUT2D eigenvalue weighted by molar-refractivity contribution is 9.10. The van der Waals surface area contributed by atoms with Crippen molar-refractivity contribution in [2.75, 3.05) is 13.1 Å². The van der Waals surface area contributed by atoms with E-state index in [9.17, 15) is 9.59 Å². The average Bonchev–Trinajstić information content (AvgIpc) is 2.45. The van der Waals surface area contributed by atoms with Gasteiger partial charge in [0.15, 0.2) is 0 Å². The lowest BCUT2D eigenvalue weighted by Crippen LogP contribution is -2.40. The smallest absolute Gasteiger partial charge is 0.303 e. The van der Waals surface area contributed by atoms with Crippen LogP contribution < -0.4 is 0 Å². The molecule has 1 saturated heterocycles. The van der Waals surface area contributed by atoms with Gasteiger partial charge in [0.1, 0.15) is 0 Å². The number of carbonyl (C=O) groups excluding carboxylic acids is 1. The van der Waals surface area contributed by atoms with Crippen molar-refractivity contribution in [1.82, 2.24) is 4.90 Å². The quantitative estimate of drug-likeness (QED) is 0.884. The van der Waals surface area contributed by atoms with Crippen molar-refractivity contribution in [1.29, 1.82) is 0 Å². The molecule has 0 saturated carbocycles. The molecule has 1 fully saturated rings. The minimum absolute atomic E-state index is 0.133. The van der Waals surface area contributed by atoms with Crippen LogP contribution in [0.2, 0.25) is 0 Å². The number of carboxylic acid groups (broad SMARTS) is 1. The Morgan fingerprint density at radius 2 is 2.19 bits per heavy atom. The highest BCUT2D eigenvalue weighted by atomic mass is 79.9. The molecule has 5 heteroatoms. The number of nitrogens with zero attached hydrogens (tertiary/aromatic N) is 1. The predicted molar refractivity (Wildman–Crippen MR) is 84.0 cm³/mol. The van der Waals surface area contributed by atoms with E-state index in [1.807, 2.05) is 29.2 Å². The second-order valence-corrected chi connectivity index (χ2v) is 6.50. The Balaban J connectivity index is 1.88. The number of hydrogen-bond donors (Lipinski definition) is 1. The Kier molecular flexibility index (Phi) is 5.79. The number of hydrogen-bond acceptors (Lipinski definition) is 2. The highest BCUT2D eigenvalue weighted by Crippen LogP contribution is 2.22. The lowest BCUT2D eigenvalue weighted by atomic mass is 9.93. The van der Waals surface area contributed by atoms with E-state index < -0.39 is 5.97 Å². The van der Waals surface area contributed by atoms with Gasteiger partial charge in [0.2, 0.25) is 5.91 Å². The van der Waals surface area contributed by atoms with Gasteiger partial charge in [0, 0.05) is 24.0 Å². The van der Waals surface area contributed by atoms with E-state index in [0.717, 1.165) is 29.4 Å². The largest absolute Gasteiger partial charge is 0.481 e. The number of rotatable bonds is 5. The van der Waals surface area contributed by atoms with Gasteiger partial charge in [-0.1, -0.05) is 28.1 Å². The molecule has 4 nitrogen and oxygen atoms in total. The van der Waals surface area contributed by atoms with E-state index in [2.05, 4.69) is 15.9 Å². The van der Waals surface area contributed by atoms with Crippen LogP contribution in [0, 0.1) is 5.92 Å². The molecule has 1 aromatic carbocycles. The summed E-state index contributed by atoms with van der Waals surface area (Å²) in [6, 6.07) is 7.79.